The summed E-state index contributed by atoms with van der Waals surface area (Å²) in [5, 5.41) is 3.03. The number of amides is 1. The number of likely N-dealkylation sites (N-methyl/N-ethyl adjacent to an activating group) is 1. The summed E-state index contributed by atoms with van der Waals surface area (Å²) in [7, 11) is 1.85. The number of ether oxygens (including phenoxy) is 1. The Hall–Kier alpha value is -1.66. The van der Waals surface area contributed by atoms with Crippen LogP contribution in [0, 0.1) is 0 Å². The minimum absolute atomic E-state index is 0.00898. The second-order valence-electron chi connectivity index (χ2n) is 4.24. The van der Waals surface area contributed by atoms with Gasteiger partial charge in [0.1, 0.15) is 0 Å². The van der Waals surface area contributed by atoms with E-state index in [0.29, 0.717) is 31.8 Å². The second kappa shape index (κ2) is 5.79. The number of rotatable bonds is 3. The number of aromatic amines is 1. The molecule has 0 radical (unpaired) electrons. The molecule has 6 heteroatoms. The molecule has 0 saturated carbocycles. The first-order chi connectivity index (χ1) is 8.70. The largest absolute Gasteiger partial charge is 0.373 e. The van der Waals surface area contributed by atoms with Crippen LogP contribution in [-0.4, -0.2) is 55.2 Å². The summed E-state index contributed by atoms with van der Waals surface area (Å²) in [6, 6.07) is 2.94. The van der Waals surface area contributed by atoms with Gasteiger partial charge in [0.2, 0.25) is 5.56 Å². The van der Waals surface area contributed by atoms with Crippen LogP contribution in [0.3, 0.4) is 0 Å². The number of nitrogens with one attached hydrogen (secondary N) is 2. The van der Waals surface area contributed by atoms with Gasteiger partial charge in [0.15, 0.2) is 0 Å². The molecule has 98 valence electrons. The highest BCUT2D eigenvalue weighted by molar-refractivity contribution is 5.94. The normalized spacial score (nSPS) is 19.8. The molecule has 1 amide bonds. The maximum atomic E-state index is 12.2. The zero-order valence-corrected chi connectivity index (χ0v) is 10.3. The zero-order chi connectivity index (χ0) is 13.0. The summed E-state index contributed by atoms with van der Waals surface area (Å²) in [5.74, 6) is -0.120. The summed E-state index contributed by atoms with van der Waals surface area (Å²) in [5.41, 5.74) is 0.157. The first kappa shape index (κ1) is 12.8. The van der Waals surface area contributed by atoms with Gasteiger partial charge in [-0.25, -0.2) is 0 Å². The van der Waals surface area contributed by atoms with Crippen molar-refractivity contribution < 1.29 is 9.53 Å². The lowest BCUT2D eigenvalue weighted by Gasteiger charge is -2.32. The minimum Gasteiger partial charge on any atom is -0.373 e. The number of H-pyrrole nitrogens is 1. The lowest BCUT2D eigenvalue weighted by molar-refractivity contribution is -0.0196. The number of morpholine rings is 1. The fourth-order valence-corrected chi connectivity index (χ4v) is 2.02. The fraction of sp³-hybridized carbons (Fsp3) is 0.500. The Morgan fingerprint density at radius 3 is 3.22 bits per heavy atom. The van der Waals surface area contributed by atoms with Gasteiger partial charge in [-0.15, -0.1) is 0 Å². The molecule has 1 aliphatic rings. The van der Waals surface area contributed by atoms with Crippen LogP contribution in [0.15, 0.2) is 23.1 Å². The first-order valence-corrected chi connectivity index (χ1v) is 5.95. The van der Waals surface area contributed by atoms with Crippen molar-refractivity contribution in [3.8, 4) is 0 Å². The van der Waals surface area contributed by atoms with Gasteiger partial charge in [-0.1, -0.05) is 0 Å². The SMILES string of the molecule is CNCC1CN(C(=O)c2cc[nH]c(=O)c2)CCO1. The van der Waals surface area contributed by atoms with Crippen LogP contribution >= 0.6 is 0 Å². The van der Waals surface area contributed by atoms with E-state index in [2.05, 4.69) is 10.3 Å². The molecular weight excluding hydrogens is 234 g/mol. The number of pyridine rings is 1. The van der Waals surface area contributed by atoms with E-state index in [1.165, 1.54) is 12.3 Å². The van der Waals surface area contributed by atoms with Gasteiger partial charge >= 0.3 is 0 Å². The van der Waals surface area contributed by atoms with E-state index in [-0.39, 0.29) is 17.6 Å². The molecule has 0 aliphatic carbocycles. The van der Waals surface area contributed by atoms with Crippen LogP contribution in [0.4, 0.5) is 0 Å². The third-order valence-electron chi connectivity index (χ3n) is 2.88. The van der Waals surface area contributed by atoms with Crippen LogP contribution in [0.25, 0.3) is 0 Å². The van der Waals surface area contributed by atoms with Crippen molar-refractivity contribution in [2.45, 2.75) is 6.10 Å². The Kier molecular flexibility index (Phi) is 4.11. The van der Waals surface area contributed by atoms with Gasteiger partial charge in [0.05, 0.1) is 12.7 Å². The van der Waals surface area contributed by atoms with Crippen molar-refractivity contribution in [2.75, 3.05) is 33.3 Å². The van der Waals surface area contributed by atoms with Gasteiger partial charge in [0.25, 0.3) is 5.91 Å². The molecule has 0 aromatic carbocycles. The monoisotopic (exact) mass is 251 g/mol. The Labute approximate surface area is 105 Å². The summed E-state index contributed by atoms with van der Waals surface area (Å²) in [6.07, 6.45) is 1.50. The molecule has 0 bridgehead atoms. The zero-order valence-electron chi connectivity index (χ0n) is 10.3. The number of nitrogens with zero attached hydrogens (tertiary/aromatic N) is 1. The molecule has 1 atom stereocenters. The Morgan fingerprint density at radius 2 is 2.50 bits per heavy atom. The van der Waals surface area contributed by atoms with Crippen LogP contribution in [-0.2, 0) is 4.74 Å². The van der Waals surface area contributed by atoms with Crippen molar-refractivity contribution in [3.05, 3.63) is 34.2 Å². The van der Waals surface area contributed by atoms with Crippen LogP contribution in [0.2, 0.25) is 0 Å². The van der Waals surface area contributed by atoms with Gasteiger partial charge in [-0.2, -0.15) is 0 Å². The summed E-state index contributed by atoms with van der Waals surface area (Å²) in [4.78, 5) is 27.6. The van der Waals surface area contributed by atoms with Gasteiger partial charge in [-0.05, 0) is 13.1 Å². The van der Waals surface area contributed by atoms with Crippen molar-refractivity contribution in [1.29, 1.82) is 0 Å². The Balaban J connectivity index is 2.06. The van der Waals surface area contributed by atoms with Gasteiger partial charge < -0.3 is 19.9 Å². The molecule has 1 fully saturated rings. The van der Waals surface area contributed by atoms with Gasteiger partial charge in [-0.3, -0.25) is 9.59 Å². The minimum atomic E-state index is -0.263. The number of hydrogen-bond acceptors (Lipinski definition) is 4. The average molecular weight is 251 g/mol. The molecule has 2 rings (SSSR count). The van der Waals surface area contributed by atoms with E-state index in [1.54, 1.807) is 11.0 Å². The first-order valence-electron chi connectivity index (χ1n) is 5.95. The average Bonchev–Trinajstić information content (AvgIpc) is 2.39. The van der Waals surface area contributed by atoms with E-state index in [9.17, 15) is 9.59 Å². The van der Waals surface area contributed by atoms with Crippen molar-refractivity contribution in [3.63, 3.8) is 0 Å². The van der Waals surface area contributed by atoms with Crippen molar-refractivity contribution in [2.24, 2.45) is 0 Å². The van der Waals surface area contributed by atoms with E-state index in [4.69, 9.17) is 4.74 Å². The van der Waals surface area contributed by atoms with E-state index < -0.39 is 0 Å². The van der Waals surface area contributed by atoms with E-state index >= 15 is 0 Å². The Bertz CT molecular complexity index is 470. The number of aromatic nitrogens is 1. The number of carbonyl (C=O) groups is 1. The van der Waals surface area contributed by atoms with Crippen molar-refractivity contribution in [1.82, 2.24) is 15.2 Å². The Morgan fingerprint density at radius 1 is 1.67 bits per heavy atom. The standard InChI is InChI=1S/C12H17N3O3/c1-13-7-10-8-15(4-5-18-10)12(17)9-2-3-14-11(16)6-9/h2-3,6,10,13H,4-5,7-8H2,1H3,(H,14,16). The summed E-state index contributed by atoms with van der Waals surface area (Å²) < 4.78 is 5.53. The molecule has 0 spiro atoms. The molecule has 1 aromatic heterocycles. The molecule has 6 nitrogen and oxygen atoms in total. The van der Waals surface area contributed by atoms with Crippen LogP contribution < -0.4 is 10.9 Å². The molecule has 1 aromatic rings. The number of hydrogen-bond donors (Lipinski definition) is 2. The molecular formula is C12H17N3O3. The number of carbonyl (C=O) groups excluding carboxylic acids is 1. The fourth-order valence-electron chi connectivity index (χ4n) is 2.02. The predicted octanol–water partition coefficient (Wildman–Crippen LogP) is -0.565. The highest BCUT2D eigenvalue weighted by Gasteiger charge is 2.24. The summed E-state index contributed by atoms with van der Waals surface area (Å²) >= 11 is 0. The maximum Gasteiger partial charge on any atom is 0.254 e. The second-order valence-corrected chi connectivity index (χ2v) is 4.24. The lowest BCUT2D eigenvalue weighted by Crippen LogP contribution is -2.48. The highest BCUT2D eigenvalue weighted by atomic mass is 16.5. The molecule has 1 aliphatic heterocycles. The molecule has 2 heterocycles. The third kappa shape index (κ3) is 2.96. The summed E-state index contributed by atoms with van der Waals surface area (Å²) in [6.45, 7) is 2.35. The van der Waals surface area contributed by atoms with Crippen LogP contribution in [0.1, 0.15) is 10.4 Å². The van der Waals surface area contributed by atoms with E-state index in [1.807, 2.05) is 7.05 Å². The van der Waals surface area contributed by atoms with E-state index in [0.717, 1.165) is 0 Å². The van der Waals surface area contributed by atoms with Crippen LogP contribution in [0.5, 0.6) is 0 Å². The quantitative estimate of drug-likeness (QED) is 0.755. The maximum absolute atomic E-state index is 12.2. The molecule has 18 heavy (non-hydrogen) atoms. The predicted molar refractivity (Wildman–Crippen MR) is 66.6 cm³/mol. The molecule has 1 unspecified atom stereocenters. The molecule has 1 saturated heterocycles. The van der Waals surface area contributed by atoms with Crippen molar-refractivity contribution >= 4 is 5.91 Å². The lowest BCUT2D eigenvalue weighted by atomic mass is 10.2. The smallest absolute Gasteiger partial charge is 0.254 e. The topological polar surface area (TPSA) is 74.4 Å². The third-order valence-corrected chi connectivity index (χ3v) is 2.88. The van der Waals surface area contributed by atoms with Gasteiger partial charge in [0, 0.05) is 37.5 Å². The highest BCUT2D eigenvalue weighted by Crippen LogP contribution is 2.09. The molecule has 2 N–H and O–H groups in total.